The fourth-order valence-corrected chi connectivity index (χ4v) is 4.29. The van der Waals surface area contributed by atoms with Gasteiger partial charge in [0.2, 0.25) is 5.78 Å². The van der Waals surface area contributed by atoms with Crippen LogP contribution in [0.5, 0.6) is 0 Å². The number of para-hydroxylation sites is 1. The molecule has 4 aromatic rings. The van der Waals surface area contributed by atoms with Crippen molar-refractivity contribution >= 4 is 40.0 Å². The standard InChI is InChI=1S/C21H21ClN4OS/c1-14(2)10-11-25-19(27)17-8-3-4-9-18(17)26-20(25)23-24-21(26)28-13-15-6-5-7-16(22)12-15/h3-9,12,14H,10-11,13H2,1-2H3. The van der Waals surface area contributed by atoms with E-state index in [9.17, 15) is 4.79 Å². The van der Waals surface area contributed by atoms with Crippen LogP contribution in [0.3, 0.4) is 0 Å². The van der Waals surface area contributed by atoms with Gasteiger partial charge in [0.25, 0.3) is 5.56 Å². The Labute approximate surface area is 172 Å². The molecule has 0 aliphatic heterocycles. The zero-order chi connectivity index (χ0) is 19.7. The molecule has 0 saturated carbocycles. The Morgan fingerprint density at radius 3 is 2.71 bits per heavy atom. The smallest absolute Gasteiger partial charge is 0.262 e. The lowest BCUT2D eigenvalue weighted by Gasteiger charge is -2.12. The molecular weight excluding hydrogens is 392 g/mol. The molecular formula is C21H21ClN4OS. The Morgan fingerprint density at radius 1 is 1.11 bits per heavy atom. The molecule has 2 heterocycles. The molecule has 0 saturated heterocycles. The van der Waals surface area contributed by atoms with E-state index in [1.165, 1.54) is 0 Å². The molecule has 144 valence electrons. The first kappa shape index (κ1) is 19.0. The molecule has 5 nitrogen and oxygen atoms in total. The fourth-order valence-electron chi connectivity index (χ4n) is 3.19. The molecule has 0 amide bonds. The highest BCUT2D eigenvalue weighted by atomic mass is 35.5. The highest BCUT2D eigenvalue weighted by Gasteiger charge is 2.17. The second-order valence-corrected chi connectivity index (χ2v) is 8.57. The van der Waals surface area contributed by atoms with Crippen LogP contribution in [0.25, 0.3) is 16.7 Å². The summed E-state index contributed by atoms with van der Waals surface area (Å²) in [5.41, 5.74) is 1.94. The number of thioether (sulfide) groups is 1. The minimum Gasteiger partial charge on any atom is -0.276 e. The van der Waals surface area contributed by atoms with Crippen LogP contribution in [0, 0.1) is 5.92 Å². The minimum atomic E-state index is -0.0115. The molecule has 0 aliphatic carbocycles. The summed E-state index contributed by atoms with van der Waals surface area (Å²) in [6.45, 7) is 4.93. The van der Waals surface area contributed by atoms with Crippen molar-refractivity contribution < 1.29 is 0 Å². The van der Waals surface area contributed by atoms with Crippen molar-refractivity contribution in [3.05, 3.63) is 69.5 Å². The van der Waals surface area contributed by atoms with Gasteiger partial charge >= 0.3 is 0 Å². The lowest BCUT2D eigenvalue weighted by atomic mass is 10.1. The average Bonchev–Trinajstić information content (AvgIpc) is 3.10. The van der Waals surface area contributed by atoms with Gasteiger partial charge in [-0.3, -0.25) is 13.8 Å². The van der Waals surface area contributed by atoms with Crippen molar-refractivity contribution in [3.63, 3.8) is 0 Å². The van der Waals surface area contributed by atoms with Gasteiger partial charge in [0.05, 0.1) is 10.9 Å². The minimum absolute atomic E-state index is 0.0115. The van der Waals surface area contributed by atoms with Gasteiger partial charge in [-0.15, -0.1) is 10.2 Å². The third-order valence-electron chi connectivity index (χ3n) is 4.67. The molecule has 28 heavy (non-hydrogen) atoms. The van der Waals surface area contributed by atoms with Crippen LogP contribution in [0.1, 0.15) is 25.8 Å². The summed E-state index contributed by atoms with van der Waals surface area (Å²) in [7, 11) is 0. The second-order valence-electron chi connectivity index (χ2n) is 7.19. The van der Waals surface area contributed by atoms with Crippen molar-refractivity contribution in [1.82, 2.24) is 19.2 Å². The maximum Gasteiger partial charge on any atom is 0.262 e. The van der Waals surface area contributed by atoms with Crippen LogP contribution < -0.4 is 5.56 Å². The fraction of sp³-hybridized carbons (Fsp3) is 0.286. The molecule has 0 atom stereocenters. The van der Waals surface area contributed by atoms with E-state index in [1.54, 1.807) is 16.3 Å². The van der Waals surface area contributed by atoms with Crippen LogP contribution in [-0.4, -0.2) is 19.2 Å². The second kappa shape index (κ2) is 7.97. The summed E-state index contributed by atoms with van der Waals surface area (Å²) in [5.74, 6) is 1.82. The SMILES string of the molecule is CC(C)CCn1c(=O)c2ccccc2n2c(SCc3cccc(Cl)c3)nnc12. The van der Waals surface area contributed by atoms with Crippen molar-refractivity contribution in [3.8, 4) is 0 Å². The Hall–Kier alpha value is -2.31. The van der Waals surface area contributed by atoms with E-state index < -0.39 is 0 Å². The topological polar surface area (TPSA) is 52.2 Å². The van der Waals surface area contributed by atoms with E-state index in [0.717, 1.165) is 33.4 Å². The lowest BCUT2D eigenvalue weighted by molar-refractivity contribution is 0.512. The molecule has 0 N–H and O–H groups in total. The summed E-state index contributed by atoms with van der Waals surface area (Å²) in [6.07, 6.45) is 0.908. The van der Waals surface area contributed by atoms with Gasteiger partial charge in [0.15, 0.2) is 5.16 Å². The number of halogens is 1. The summed E-state index contributed by atoms with van der Waals surface area (Å²) in [6, 6.07) is 15.4. The summed E-state index contributed by atoms with van der Waals surface area (Å²) < 4.78 is 3.74. The van der Waals surface area contributed by atoms with E-state index in [0.29, 0.717) is 23.6 Å². The number of aryl methyl sites for hydroxylation is 1. The number of hydrogen-bond donors (Lipinski definition) is 0. The van der Waals surface area contributed by atoms with Crippen molar-refractivity contribution in [2.75, 3.05) is 0 Å². The van der Waals surface area contributed by atoms with Crippen molar-refractivity contribution in [2.24, 2.45) is 5.92 Å². The molecule has 4 rings (SSSR count). The first-order valence-electron chi connectivity index (χ1n) is 9.28. The zero-order valence-electron chi connectivity index (χ0n) is 15.8. The molecule has 0 fully saturated rings. The monoisotopic (exact) mass is 412 g/mol. The maximum absolute atomic E-state index is 13.0. The normalized spacial score (nSPS) is 11.7. The van der Waals surface area contributed by atoms with Gasteiger partial charge in [-0.25, -0.2) is 0 Å². The highest BCUT2D eigenvalue weighted by molar-refractivity contribution is 7.98. The molecule has 0 aliphatic rings. The van der Waals surface area contributed by atoms with Crippen molar-refractivity contribution in [1.29, 1.82) is 0 Å². The largest absolute Gasteiger partial charge is 0.276 e. The summed E-state index contributed by atoms with van der Waals surface area (Å²) in [5, 5.41) is 10.9. The lowest BCUT2D eigenvalue weighted by Crippen LogP contribution is -2.24. The number of benzene rings is 2. The first-order valence-corrected chi connectivity index (χ1v) is 10.6. The number of aromatic nitrogens is 4. The molecule has 0 unspecified atom stereocenters. The number of nitrogens with zero attached hydrogens (tertiary/aromatic N) is 4. The third kappa shape index (κ3) is 3.66. The van der Waals surface area contributed by atoms with Gasteiger partial charge in [-0.2, -0.15) is 0 Å². The van der Waals surface area contributed by atoms with Crippen LogP contribution in [0.4, 0.5) is 0 Å². The molecule has 2 aromatic heterocycles. The van der Waals surface area contributed by atoms with Crippen LogP contribution in [0.2, 0.25) is 5.02 Å². The molecule has 0 bridgehead atoms. The Kier molecular flexibility index (Phi) is 5.42. The van der Waals surface area contributed by atoms with Crippen molar-refractivity contribution in [2.45, 2.75) is 37.7 Å². The maximum atomic E-state index is 13.0. The van der Waals surface area contributed by atoms with Gasteiger partial charge in [0, 0.05) is 17.3 Å². The van der Waals surface area contributed by atoms with E-state index in [-0.39, 0.29) is 5.56 Å². The quantitative estimate of drug-likeness (QED) is 0.416. The summed E-state index contributed by atoms with van der Waals surface area (Å²) >= 11 is 7.68. The van der Waals surface area contributed by atoms with E-state index in [1.807, 2.05) is 52.9 Å². The molecule has 0 radical (unpaired) electrons. The Balaban J connectivity index is 1.81. The van der Waals surface area contributed by atoms with Gasteiger partial charge < -0.3 is 0 Å². The van der Waals surface area contributed by atoms with Crippen LogP contribution in [-0.2, 0) is 12.3 Å². The number of rotatable bonds is 6. The van der Waals surface area contributed by atoms with Gasteiger partial charge in [-0.1, -0.05) is 61.5 Å². The highest BCUT2D eigenvalue weighted by Crippen LogP contribution is 2.25. The predicted octanol–water partition coefficient (Wildman–Crippen LogP) is 5.04. The first-order chi connectivity index (χ1) is 13.5. The van der Waals surface area contributed by atoms with E-state index in [4.69, 9.17) is 11.6 Å². The predicted molar refractivity (Wildman–Crippen MR) is 115 cm³/mol. The van der Waals surface area contributed by atoms with E-state index >= 15 is 0 Å². The van der Waals surface area contributed by atoms with Crippen LogP contribution in [0.15, 0.2) is 58.5 Å². The number of fused-ring (bicyclic) bond motifs is 3. The Bertz CT molecular complexity index is 1200. The Morgan fingerprint density at radius 2 is 1.93 bits per heavy atom. The average molecular weight is 413 g/mol. The number of hydrogen-bond acceptors (Lipinski definition) is 4. The zero-order valence-corrected chi connectivity index (χ0v) is 17.4. The molecule has 7 heteroatoms. The van der Waals surface area contributed by atoms with Crippen LogP contribution >= 0.6 is 23.4 Å². The van der Waals surface area contributed by atoms with E-state index in [2.05, 4.69) is 24.0 Å². The third-order valence-corrected chi connectivity index (χ3v) is 5.90. The summed E-state index contributed by atoms with van der Waals surface area (Å²) in [4.78, 5) is 13.0. The van der Waals surface area contributed by atoms with Gasteiger partial charge in [-0.05, 0) is 42.2 Å². The van der Waals surface area contributed by atoms with Gasteiger partial charge in [0.1, 0.15) is 0 Å². The molecule has 2 aromatic carbocycles. The molecule has 0 spiro atoms.